The van der Waals surface area contributed by atoms with Crippen molar-refractivity contribution in [2.45, 2.75) is 5.92 Å². The number of rotatable bonds is 2. The number of nitrogens with zero attached hydrogens (tertiary/aromatic N) is 1. The average Bonchev–Trinajstić information content (AvgIpc) is 3.32. The molecular formula is C36H23N. The summed E-state index contributed by atoms with van der Waals surface area (Å²) in [5, 5.41) is 7.54. The summed E-state index contributed by atoms with van der Waals surface area (Å²) in [5.41, 5.74) is 8.91. The van der Waals surface area contributed by atoms with E-state index in [2.05, 4.69) is 134 Å². The van der Waals surface area contributed by atoms with Crippen LogP contribution in [-0.2, 0) is 0 Å². The highest BCUT2D eigenvalue weighted by Gasteiger charge is 2.29. The van der Waals surface area contributed by atoms with E-state index in [0.29, 0.717) is 0 Å². The predicted octanol–water partition coefficient (Wildman–Crippen LogP) is 9.37. The van der Waals surface area contributed by atoms with E-state index >= 15 is 0 Å². The Kier molecular flexibility index (Phi) is 4.35. The Hall–Kier alpha value is -4.75. The SMILES string of the molecule is c1cc(-c2cc3c4ccccc4c4ccccc4c3cn2)cc(C2c3ccccc3-c3ccccc32)c1. The van der Waals surface area contributed by atoms with Gasteiger partial charge in [0, 0.05) is 23.1 Å². The number of pyridine rings is 1. The summed E-state index contributed by atoms with van der Waals surface area (Å²) in [7, 11) is 0. The third-order valence-corrected chi connectivity index (χ3v) is 7.98. The first kappa shape index (κ1) is 20.4. The molecule has 0 N–H and O–H groups in total. The van der Waals surface area contributed by atoms with E-state index in [9.17, 15) is 0 Å². The summed E-state index contributed by atoms with van der Waals surface area (Å²) in [5.74, 6) is 0.234. The van der Waals surface area contributed by atoms with Crippen LogP contribution in [0.15, 0.2) is 134 Å². The van der Waals surface area contributed by atoms with Crippen LogP contribution in [-0.4, -0.2) is 4.98 Å². The van der Waals surface area contributed by atoms with E-state index in [1.165, 1.54) is 60.1 Å². The molecule has 37 heavy (non-hydrogen) atoms. The molecule has 7 aromatic rings. The van der Waals surface area contributed by atoms with Crippen molar-refractivity contribution in [1.82, 2.24) is 4.98 Å². The minimum atomic E-state index is 0.234. The van der Waals surface area contributed by atoms with Crippen molar-refractivity contribution in [2.24, 2.45) is 0 Å². The fraction of sp³-hybridized carbons (Fsp3) is 0.0278. The molecule has 0 fully saturated rings. The van der Waals surface area contributed by atoms with Crippen molar-refractivity contribution in [3.05, 3.63) is 150 Å². The van der Waals surface area contributed by atoms with Gasteiger partial charge in [0.25, 0.3) is 0 Å². The van der Waals surface area contributed by atoms with Gasteiger partial charge in [0.1, 0.15) is 0 Å². The smallest absolute Gasteiger partial charge is 0.0708 e. The fourth-order valence-electron chi connectivity index (χ4n) is 6.35. The zero-order valence-electron chi connectivity index (χ0n) is 20.2. The fourth-order valence-corrected chi connectivity index (χ4v) is 6.35. The summed E-state index contributed by atoms with van der Waals surface area (Å²) in [6.07, 6.45) is 2.06. The van der Waals surface area contributed by atoms with Crippen molar-refractivity contribution < 1.29 is 0 Å². The first-order valence-electron chi connectivity index (χ1n) is 12.8. The summed E-state index contributed by atoms with van der Waals surface area (Å²) in [6, 6.07) is 46.3. The minimum absolute atomic E-state index is 0.234. The van der Waals surface area contributed by atoms with E-state index in [4.69, 9.17) is 4.98 Å². The van der Waals surface area contributed by atoms with Gasteiger partial charge in [0.15, 0.2) is 0 Å². The molecule has 1 heterocycles. The van der Waals surface area contributed by atoms with Crippen molar-refractivity contribution >= 4 is 32.3 Å². The van der Waals surface area contributed by atoms with Gasteiger partial charge in [-0.25, -0.2) is 0 Å². The lowest BCUT2D eigenvalue weighted by molar-refractivity contribution is 1.01. The predicted molar refractivity (Wildman–Crippen MR) is 155 cm³/mol. The monoisotopic (exact) mass is 469 g/mol. The maximum atomic E-state index is 4.99. The molecule has 1 heteroatoms. The largest absolute Gasteiger partial charge is 0.256 e. The van der Waals surface area contributed by atoms with Crippen LogP contribution in [0.3, 0.4) is 0 Å². The van der Waals surface area contributed by atoms with E-state index in [1.54, 1.807) is 0 Å². The number of fused-ring (bicyclic) bond motifs is 9. The van der Waals surface area contributed by atoms with Gasteiger partial charge in [-0.2, -0.15) is 0 Å². The van der Waals surface area contributed by atoms with Crippen LogP contribution in [0, 0.1) is 0 Å². The zero-order chi connectivity index (χ0) is 24.3. The van der Waals surface area contributed by atoms with Gasteiger partial charge in [-0.1, -0.05) is 115 Å². The van der Waals surface area contributed by atoms with Gasteiger partial charge in [-0.05, 0) is 66.9 Å². The Labute approximate surface area is 215 Å². The molecule has 0 bridgehead atoms. The molecule has 1 aromatic heterocycles. The number of hydrogen-bond acceptors (Lipinski definition) is 1. The van der Waals surface area contributed by atoms with Gasteiger partial charge in [-0.15, -0.1) is 0 Å². The van der Waals surface area contributed by atoms with Crippen LogP contribution >= 0.6 is 0 Å². The van der Waals surface area contributed by atoms with Crippen molar-refractivity contribution in [3.8, 4) is 22.4 Å². The number of aromatic nitrogens is 1. The highest BCUT2D eigenvalue weighted by molar-refractivity contribution is 6.25. The van der Waals surface area contributed by atoms with Crippen molar-refractivity contribution in [2.75, 3.05) is 0 Å². The van der Waals surface area contributed by atoms with E-state index in [-0.39, 0.29) is 5.92 Å². The van der Waals surface area contributed by atoms with Gasteiger partial charge >= 0.3 is 0 Å². The molecule has 1 aliphatic carbocycles. The Morgan fingerprint density at radius 3 is 1.62 bits per heavy atom. The molecule has 0 spiro atoms. The molecule has 0 radical (unpaired) electrons. The quantitative estimate of drug-likeness (QED) is 0.230. The molecule has 6 aromatic carbocycles. The van der Waals surface area contributed by atoms with Crippen LogP contribution in [0.1, 0.15) is 22.6 Å². The van der Waals surface area contributed by atoms with Crippen LogP contribution in [0.25, 0.3) is 54.7 Å². The summed E-state index contributed by atoms with van der Waals surface area (Å²) in [4.78, 5) is 4.99. The maximum absolute atomic E-state index is 4.99. The van der Waals surface area contributed by atoms with Crippen LogP contribution in [0.4, 0.5) is 0 Å². The highest BCUT2D eigenvalue weighted by Crippen LogP contribution is 2.48. The third kappa shape index (κ3) is 3.01. The summed E-state index contributed by atoms with van der Waals surface area (Å²) < 4.78 is 0. The second-order valence-electron chi connectivity index (χ2n) is 9.94. The number of hydrogen-bond donors (Lipinski definition) is 0. The minimum Gasteiger partial charge on any atom is -0.256 e. The molecule has 8 rings (SSSR count). The molecule has 1 aliphatic rings. The van der Waals surface area contributed by atoms with Crippen molar-refractivity contribution in [1.29, 1.82) is 0 Å². The summed E-state index contributed by atoms with van der Waals surface area (Å²) in [6.45, 7) is 0. The highest BCUT2D eigenvalue weighted by atomic mass is 14.7. The maximum Gasteiger partial charge on any atom is 0.0708 e. The van der Waals surface area contributed by atoms with Gasteiger partial charge < -0.3 is 0 Å². The Bertz CT molecular complexity index is 1920. The lowest BCUT2D eigenvalue weighted by atomic mass is 9.88. The van der Waals surface area contributed by atoms with E-state index < -0.39 is 0 Å². The van der Waals surface area contributed by atoms with Gasteiger partial charge in [-0.3, -0.25) is 4.98 Å². The molecule has 0 saturated carbocycles. The summed E-state index contributed by atoms with van der Waals surface area (Å²) >= 11 is 0. The lowest BCUT2D eigenvalue weighted by Crippen LogP contribution is -1.99. The molecule has 0 saturated heterocycles. The molecule has 0 amide bonds. The van der Waals surface area contributed by atoms with Crippen LogP contribution in [0.2, 0.25) is 0 Å². The number of benzene rings is 6. The van der Waals surface area contributed by atoms with Gasteiger partial charge in [0.05, 0.1) is 5.69 Å². The van der Waals surface area contributed by atoms with Crippen LogP contribution in [0.5, 0.6) is 0 Å². The first-order chi connectivity index (χ1) is 18.4. The van der Waals surface area contributed by atoms with Crippen molar-refractivity contribution in [3.63, 3.8) is 0 Å². The Balaban J connectivity index is 1.33. The molecule has 0 unspecified atom stereocenters. The lowest BCUT2D eigenvalue weighted by Gasteiger charge is -2.16. The normalized spacial score (nSPS) is 12.8. The van der Waals surface area contributed by atoms with E-state index in [1.807, 2.05) is 0 Å². The third-order valence-electron chi connectivity index (χ3n) is 7.98. The molecular weight excluding hydrogens is 446 g/mol. The average molecular weight is 470 g/mol. The standard InChI is InChI=1S/C36H23N/c1-3-16-29-25(12-1)26-13-2-4-17-30(26)34-22-37-35(21-33(29)34)23-10-9-11-24(20-23)36-31-18-7-5-14-27(31)28-15-6-8-19-32(28)36/h1-22,36H. The second-order valence-corrected chi connectivity index (χ2v) is 9.94. The topological polar surface area (TPSA) is 12.9 Å². The first-order valence-corrected chi connectivity index (χ1v) is 12.8. The molecule has 0 atom stereocenters. The molecule has 1 nitrogen and oxygen atoms in total. The Morgan fingerprint density at radius 2 is 0.973 bits per heavy atom. The van der Waals surface area contributed by atoms with Crippen LogP contribution < -0.4 is 0 Å². The molecule has 0 aliphatic heterocycles. The van der Waals surface area contributed by atoms with Gasteiger partial charge in [0.2, 0.25) is 0 Å². The zero-order valence-corrected chi connectivity index (χ0v) is 20.2. The molecule has 172 valence electrons. The van der Waals surface area contributed by atoms with E-state index in [0.717, 1.165) is 11.3 Å². The second kappa shape index (κ2) is 7.88. The Morgan fingerprint density at radius 1 is 0.432 bits per heavy atom.